The topological polar surface area (TPSA) is 91.1 Å². The van der Waals surface area contributed by atoms with Gasteiger partial charge in [0, 0.05) is 36.5 Å². The van der Waals surface area contributed by atoms with Crippen LogP contribution in [-0.4, -0.2) is 63.1 Å². The van der Waals surface area contributed by atoms with Crippen LogP contribution in [0.4, 0.5) is 14.7 Å². The van der Waals surface area contributed by atoms with Gasteiger partial charge in [-0.3, -0.25) is 0 Å². The van der Waals surface area contributed by atoms with E-state index in [4.69, 9.17) is 9.47 Å². The number of hydrogen-bond donors (Lipinski definition) is 0. The van der Waals surface area contributed by atoms with Gasteiger partial charge in [0.15, 0.2) is 17.4 Å². The number of piperidine rings is 1. The molecule has 2 aromatic heterocycles. The molecule has 4 aromatic rings. The third-order valence-corrected chi connectivity index (χ3v) is 7.81. The van der Waals surface area contributed by atoms with E-state index in [1.54, 1.807) is 16.9 Å². The van der Waals surface area contributed by atoms with E-state index in [0.717, 1.165) is 49.4 Å². The predicted octanol–water partition coefficient (Wildman–Crippen LogP) is 4.97. The number of anilines is 1. The number of aryl methyl sites for hydroxylation is 1. The highest BCUT2D eigenvalue weighted by Gasteiger charge is 2.34. The Hall–Kier alpha value is -3.99. The van der Waals surface area contributed by atoms with Gasteiger partial charge in [-0.2, -0.15) is 4.80 Å². The molecule has 0 atom stereocenters. The van der Waals surface area contributed by atoms with E-state index < -0.39 is 11.6 Å². The van der Waals surface area contributed by atoms with Crippen LogP contribution >= 0.6 is 0 Å². The van der Waals surface area contributed by atoms with Crippen LogP contribution in [0.1, 0.15) is 32.3 Å². The van der Waals surface area contributed by atoms with Crippen molar-refractivity contribution in [2.45, 2.75) is 39.7 Å². The number of hydrogen-bond acceptors (Lipinski definition) is 8. The van der Waals surface area contributed by atoms with Crippen LogP contribution in [0.25, 0.3) is 22.5 Å². The maximum Gasteiger partial charge on any atom is 0.225 e. The summed E-state index contributed by atoms with van der Waals surface area (Å²) in [5.74, 6) is -0.359. The van der Waals surface area contributed by atoms with Gasteiger partial charge < -0.3 is 14.4 Å². The van der Waals surface area contributed by atoms with Crippen LogP contribution < -0.4 is 9.64 Å². The molecular formula is C30H33F2N7O2. The summed E-state index contributed by atoms with van der Waals surface area (Å²) in [6, 6.07) is 9.84. The Kier molecular flexibility index (Phi) is 7.61. The molecule has 2 saturated heterocycles. The van der Waals surface area contributed by atoms with Gasteiger partial charge in [-0.05, 0) is 59.2 Å². The molecule has 0 saturated carbocycles. The Bertz CT molecular complexity index is 1460. The van der Waals surface area contributed by atoms with Gasteiger partial charge in [-0.25, -0.2) is 18.7 Å². The van der Waals surface area contributed by atoms with Gasteiger partial charge in [0.1, 0.15) is 0 Å². The Morgan fingerprint density at radius 3 is 2.24 bits per heavy atom. The summed E-state index contributed by atoms with van der Waals surface area (Å²) in [6.45, 7) is 7.99. The van der Waals surface area contributed by atoms with E-state index in [9.17, 15) is 8.78 Å². The van der Waals surface area contributed by atoms with Crippen molar-refractivity contribution in [3.8, 4) is 28.3 Å². The van der Waals surface area contributed by atoms with Crippen molar-refractivity contribution >= 4 is 5.95 Å². The Morgan fingerprint density at radius 2 is 1.63 bits per heavy atom. The zero-order chi connectivity index (χ0) is 28.4. The minimum atomic E-state index is -0.719. The highest BCUT2D eigenvalue weighted by atomic mass is 19.1. The zero-order valence-corrected chi connectivity index (χ0v) is 23.3. The fourth-order valence-corrected chi connectivity index (χ4v) is 5.18. The lowest BCUT2D eigenvalue weighted by Crippen LogP contribution is -2.43. The summed E-state index contributed by atoms with van der Waals surface area (Å²) < 4.78 is 40.9. The van der Waals surface area contributed by atoms with Crippen molar-refractivity contribution in [2.75, 3.05) is 37.8 Å². The quantitative estimate of drug-likeness (QED) is 0.283. The molecule has 6 rings (SSSR count). The first-order valence-corrected chi connectivity index (χ1v) is 14.0. The molecule has 0 radical (unpaired) electrons. The van der Waals surface area contributed by atoms with E-state index in [1.165, 1.54) is 12.1 Å². The van der Waals surface area contributed by atoms with Gasteiger partial charge in [0.2, 0.25) is 11.8 Å². The molecule has 214 valence electrons. The average Bonchev–Trinajstić information content (AvgIpc) is 3.44. The lowest BCUT2D eigenvalue weighted by Gasteiger charge is -2.37. The van der Waals surface area contributed by atoms with Crippen molar-refractivity contribution in [2.24, 2.45) is 11.3 Å². The van der Waals surface area contributed by atoms with E-state index in [0.29, 0.717) is 36.7 Å². The van der Waals surface area contributed by atoms with Crippen molar-refractivity contribution < 1.29 is 18.3 Å². The fourth-order valence-electron chi connectivity index (χ4n) is 5.18. The minimum Gasteiger partial charge on any atom is -0.487 e. The zero-order valence-electron chi connectivity index (χ0n) is 23.3. The van der Waals surface area contributed by atoms with Gasteiger partial charge in [-0.1, -0.05) is 38.1 Å². The van der Waals surface area contributed by atoms with Crippen molar-refractivity contribution in [1.29, 1.82) is 0 Å². The van der Waals surface area contributed by atoms with E-state index in [2.05, 4.69) is 44.1 Å². The lowest BCUT2D eigenvalue weighted by atomic mass is 9.89. The number of nitrogens with zero attached hydrogens (tertiary/aromatic N) is 7. The molecule has 0 spiro atoms. The largest absolute Gasteiger partial charge is 0.487 e. The highest BCUT2D eigenvalue weighted by Crippen LogP contribution is 2.32. The summed E-state index contributed by atoms with van der Waals surface area (Å²) in [5.41, 5.74) is 3.00. The number of tetrazole rings is 1. The smallest absolute Gasteiger partial charge is 0.225 e. The molecule has 2 aliphatic heterocycles. The lowest BCUT2D eigenvalue weighted by molar-refractivity contribution is -0.113. The molecule has 11 heteroatoms. The molecular weight excluding hydrogens is 528 g/mol. The molecule has 41 heavy (non-hydrogen) atoms. The van der Waals surface area contributed by atoms with E-state index in [1.807, 2.05) is 24.5 Å². The summed E-state index contributed by atoms with van der Waals surface area (Å²) in [6.07, 6.45) is 6.29. The van der Waals surface area contributed by atoms with Gasteiger partial charge in [-0.15, -0.1) is 10.2 Å². The standard InChI is InChI=1S/C30H33F2N7O2/c1-3-20-14-33-29(34-15-20)38-10-8-21(9-11-38)16-41-27-25(31)12-24(13-26(27)32)22-4-6-23(7-5-22)28-35-37-39(36-28)17-30(2)18-40-19-30/h4-7,12-15,21H,3,8-11,16-19H2,1-2H3. The normalized spacial score (nSPS) is 16.9. The molecule has 0 aliphatic carbocycles. The van der Waals surface area contributed by atoms with Gasteiger partial charge >= 0.3 is 0 Å². The first-order valence-electron chi connectivity index (χ1n) is 14.0. The summed E-state index contributed by atoms with van der Waals surface area (Å²) in [5, 5.41) is 12.8. The minimum absolute atomic E-state index is 0.0280. The number of ether oxygens (including phenoxy) is 2. The Balaban J connectivity index is 1.05. The Labute approximate surface area is 237 Å². The number of benzene rings is 2. The first kappa shape index (κ1) is 27.2. The van der Waals surface area contributed by atoms with Crippen LogP contribution in [0, 0.1) is 23.0 Å². The van der Waals surface area contributed by atoms with Crippen LogP contribution in [-0.2, 0) is 17.7 Å². The number of halogens is 2. The monoisotopic (exact) mass is 561 g/mol. The highest BCUT2D eigenvalue weighted by molar-refractivity contribution is 5.68. The van der Waals surface area contributed by atoms with Gasteiger partial charge in [0.25, 0.3) is 0 Å². The maximum absolute atomic E-state index is 15.0. The second kappa shape index (κ2) is 11.5. The third-order valence-electron chi connectivity index (χ3n) is 7.81. The Morgan fingerprint density at radius 1 is 0.976 bits per heavy atom. The summed E-state index contributed by atoms with van der Waals surface area (Å²) >= 11 is 0. The molecule has 4 heterocycles. The van der Waals surface area contributed by atoms with Crippen molar-refractivity contribution in [1.82, 2.24) is 30.2 Å². The fraction of sp³-hybridized carbons (Fsp3) is 0.433. The molecule has 2 aromatic carbocycles. The number of rotatable bonds is 9. The van der Waals surface area contributed by atoms with Gasteiger partial charge in [0.05, 0.1) is 26.4 Å². The summed E-state index contributed by atoms with van der Waals surface area (Å²) in [7, 11) is 0. The van der Waals surface area contributed by atoms with Crippen LogP contribution in [0.2, 0.25) is 0 Å². The molecule has 0 N–H and O–H groups in total. The second-order valence-corrected chi connectivity index (χ2v) is 11.3. The molecule has 2 fully saturated rings. The van der Waals surface area contributed by atoms with Crippen LogP contribution in [0.3, 0.4) is 0 Å². The number of aromatic nitrogens is 6. The molecule has 0 bridgehead atoms. The maximum atomic E-state index is 15.0. The molecule has 9 nitrogen and oxygen atoms in total. The summed E-state index contributed by atoms with van der Waals surface area (Å²) in [4.78, 5) is 12.6. The predicted molar refractivity (Wildman–Crippen MR) is 149 cm³/mol. The van der Waals surface area contributed by atoms with Crippen LogP contribution in [0.5, 0.6) is 5.75 Å². The first-order chi connectivity index (χ1) is 19.9. The van der Waals surface area contributed by atoms with E-state index in [-0.39, 0.29) is 23.7 Å². The molecule has 2 aliphatic rings. The van der Waals surface area contributed by atoms with E-state index >= 15 is 0 Å². The van der Waals surface area contributed by atoms with Crippen molar-refractivity contribution in [3.05, 3.63) is 66.0 Å². The molecule has 0 unspecified atom stereocenters. The third kappa shape index (κ3) is 6.04. The second-order valence-electron chi connectivity index (χ2n) is 11.3. The molecule has 0 amide bonds. The average molecular weight is 562 g/mol. The SMILES string of the molecule is CCc1cnc(N2CCC(COc3c(F)cc(-c4ccc(-c5nnn(CC6(C)COC6)n5)cc4)cc3F)CC2)nc1. The van der Waals surface area contributed by atoms with Crippen molar-refractivity contribution in [3.63, 3.8) is 0 Å². The van der Waals surface area contributed by atoms with Crippen LogP contribution in [0.15, 0.2) is 48.8 Å².